The zero-order valence-electron chi connectivity index (χ0n) is 12.2. The molecule has 0 saturated carbocycles. The Kier molecular flexibility index (Phi) is 5.23. The third kappa shape index (κ3) is 4.67. The van der Waals surface area contributed by atoms with Crippen LogP contribution in [0.15, 0.2) is 48.5 Å². The maximum absolute atomic E-state index is 13.5. The third-order valence-electron chi connectivity index (χ3n) is 2.93. The normalized spacial score (nSPS) is 11.1. The molecule has 0 unspecified atom stereocenters. The average molecular weight is 357 g/mol. The highest BCUT2D eigenvalue weighted by molar-refractivity contribution is 7.92. The van der Waals surface area contributed by atoms with Crippen molar-refractivity contribution in [3.63, 3.8) is 0 Å². The van der Waals surface area contributed by atoms with E-state index in [-0.39, 0.29) is 11.4 Å². The molecule has 2 aromatic rings. The van der Waals surface area contributed by atoms with Gasteiger partial charge in [-0.3, -0.25) is 9.10 Å². The summed E-state index contributed by atoms with van der Waals surface area (Å²) in [6.07, 6.45) is 0.976. The molecule has 0 fully saturated rings. The largest absolute Gasteiger partial charge is 0.322 e. The maximum Gasteiger partial charge on any atom is 0.245 e. The minimum Gasteiger partial charge on any atom is -0.322 e. The lowest BCUT2D eigenvalue weighted by Crippen LogP contribution is -2.37. The number of nitrogens with one attached hydrogen (secondary N) is 1. The molecule has 0 aliphatic rings. The molecule has 1 amide bonds. The summed E-state index contributed by atoms with van der Waals surface area (Å²) in [5.74, 6) is -1.27. The number of rotatable bonds is 5. The smallest absolute Gasteiger partial charge is 0.245 e. The summed E-state index contributed by atoms with van der Waals surface area (Å²) in [5.41, 5.74) is 0.237. The molecule has 0 aliphatic heterocycles. The topological polar surface area (TPSA) is 66.5 Å². The van der Waals surface area contributed by atoms with Crippen LogP contribution in [0.2, 0.25) is 5.02 Å². The van der Waals surface area contributed by atoms with E-state index < -0.39 is 28.3 Å². The molecule has 2 aromatic carbocycles. The second-order valence-electron chi connectivity index (χ2n) is 4.78. The van der Waals surface area contributed by atoms with E-state index in [0.29, 0.717) is 5.02 Å². The molecule has 2 rings (SSSR count). The van der Waals surface area contributed by atoms with Gasteiger partial charge in [-0.2, -0.15) is 0 Å². The minimum absolute atomic E-state index is 0.0166. The average Bonchev–Trinajstić information content (AvgIpc) is 2.46. The van der Waals surface area contributed by atoms with Crippen LogP contribution >= 0.6 is 11.6 Å². The number of halogens is 2. The zero-order chi connectivity index (χ0) is 17.0. The number of carbonyl (C=O) groups excluding carboxylic acids is 1. The van der Waals surface area contributed by atoms with Crippen LogP contribution in [-0.4, -0.2) is 27.1 Å². The Bertz CT molecular complexity index is 827. The van der Waals surface area contributed by atoms with E-state index in [4.69, 9.17) is 11.6 Å². The van der Waals surface area contributed by atoms with Crippen molar-refractivity contribution in [2.75, 3.05) is 22.4 Å². The van der Waals surface area contributed by atoms with Gasteiger partial charge in [-0.15, -0.1) is 0 Å². The Morgan fingerprint density at radius 1 is 1.22 bits per heavy atom. The van der Waals surface area contributed by atoms with E-state index in [1.807, 2.05) is 0 Å². The van der Waals surface area contributed by atoms with Gasteiger partial charge in [0.2, 0.25) is 15.9 Å². The van der Waals surface area contributed by atoms with Crippen molar-refractivity contribution in [3.8, 4) is 0 Å². The maximum atomic E-state index is 13.5. The van der Waals surface area contributed by atoms with Crippen molar-refractivity contribution in [3.05, 3.63) is 59.4 Å². The van der Waals surface area contributed by atoms with E-state index in [9.17, 15) is 17.6 Å². The van der Waals surface area contributed by atoms with Crippen LogP contribution in [0.1, 0.15) is 0 Å². The van der Waals surface area contributed by atoms with Crippen molar-refractivity contribution in [2.45, 2.75) is 0 Å². The fraction of sp³-hybridized carbons (Fsp3) is 0.133. The monoisotopic (exact) mass is 356 g/mol. The number of anilines is 2. The number of carbonyl (C=O) groups is 1. The van der Waals surface area contributed by atoms with Crippen molar-refractivity contribution in [2.24, 2.45) is 0 Å². The molecule has 1 N–H and O–H groups in total. The molecule has 0 spiro atoms. The fourth-order valence-corrected chi connectivity index (χ4v) is 2.95. The summed E-state index contributed by atoms with van der Waals surface area (Å²) in [4.78, 5) is 12.1. The van der Waals surface area contributed by atoms with Gasteiger partial charge in [-0.1, -0.05) is 29.8 Å². The number of amides is 1. The van der Waals surface area contributed by atoms with Crippen molar-refractivity contribution < 1.29 is 17.6 Å². The molecule has 8 heteroatoms. The van der Waals surface area contributed by atoms with Crippen LogP contribution < -0.4 is 9.62 Å². The molecule has 0 atom stereocenters. The van der Waals surface area contributed by atoms with Crippen molar-refractivity contribution in [1.82, 2.24) is 0 Å². The Labute approximate surface area is 138 Å². The van der Waals surface area contributed by atoms with Gasteiger partial charge in [-0.25, -0.2) is 12.8 Å². The van der Waals surface area contributed by atoms with E-state index in [2.05, 4.69) is 5.32 Å². The number of benzene rings is 2. The van der Waals surface area contributed by atoms with Crippen molar-refractivity contribution >= 4 is 38.9 Å². The van der Waals surface area contributed by atoms with Gasteiger partial charge >= 0.3 is 0 Å². The SMILES string of the molecule is CS(=O)(=O)N(CC(=O)Nc1ccccc1F)c1cccc(Cl)c1. The molecule has 0 heterocycles. The predicted octanol–water partition coefficient (Wildman–Crippen LogP) is 2.88. The zero-order valence-corrected chi connectivity index (χ0v) is 13.7. The van der Waals surface area contributed by atoms with Crippen LogP contribution in [0.5, 0.6) is 0 Å². The van der Waals surface area contributed by atoms with Gasteiger partial charge in [0.1, 0.15) is 12.4 Å². The number of hydrogen-bond donors (Lipinski definition) is 1. The third-order valence-corrected chi connectivity index (χ3v) is 4.31. The summed E-state index contributed by atoms with van der Waals surface area (Å²) >= 11 is 5.85. The minimum atomic E-state index is -3.71. The van der Waals surface area contributed by atoms with E-state index in [1.165, 1.54) is 30.3 Å². The Morgan fingerprint density at radius 3 is 2.52 bits per heavy atom. The first-order chi connectivity index (χ1) is 10.8. The summed E-state index contributed by atoms with van der Waals surface area (Å²) in [6, 6.07) is 11.7. The number of hydrogen-bond acceptors (Lipinski definition) is 3. The Hall–Kier alpha value is -2.12. The van der Waals surface area contributed by atoms with E-state index >= 15 is 0 Å². The number of nitrogens with zero attached hydrogens (tertiary/aromatic N) is 1. The molecular weight excluding hydrogens is 343 g/mol. The van der Waals surface area contributed by atoms with Crippen LogP contribution in [0, 0.1) is 5.82 Å². The molecule has 5 nitrogen and oxygen atoms in total. The predicted molar refractivity (Wildman–Crippen MR) is 88.7 cm³/mol. The number of sulfonamides is 1. The molecular formula is C15H14ClFN2O3S. The Balaban J connectivity index is 2.22. The quantitative estimate of drug-likeness (QED) is 0.895. The lowest BCUT2D eigenvalue weighted by Gasteiger charge is -2.22. The highest BCUT2D eigenvalue weighted by Gasteiger charge is 2.21. The van der Waals surface area contributed by atoms with Gasteiger partial charge in [0.05, 0.1) is 17.6 Å². The van der Waals surface area contributed by atoms with Crippen LogP contribution in [0.25, 0.3) is 0 Å². The molecule has 0 aliphatic carbocycles. The molecule has 0 radical (unpaired) electrons. The van der Waals surface area contributed by atoms with E-state index in [1.54, 1.807) is 18.2 Å². The van der Waals surface area contributed by atoms with Crippen LogP contribution in [0.4, 0.5) is 15.8 Å². The second-order valence-corrected chi connectivity index (χ2v) is 7.12. The highest BCUT2D eigenvalue weighted by Crippen LogP contribution is 2.22. The summed E-state index contributed by atoms with van der Waals surface area (Å²) < 4.78 is 38.3. The lowest BCUT2D eigenvalue weighted by molar-refractivity contribution is -0.114. The van der Waals surface area contributed by atoms with Crippen LogP contribution in [-0.2, 0) is 14.8 Å². The first-order valence-corrected chi connectivity index (χ1v) is 8.77. The summed E-state index contributed by atoms with van der Waals surface area (Å²) in [6.45, 7) is -0.493. The molecule has 0 saturated heterocycles. The molecule has 0 aromatic heterocycles. The van der Waals surface area contributed by atoms with Crippen LogP contribution in [0.3, 0.4) is 0 Å². The highest BCUT2D eigenvalue weighted by atomic mass is 35.5. The molecule has 0 bridgehead atoms. The van der Waals surface area contributed by atoms with Gasteiger partial charge in [0.15, 0.2) is 0 Å². The van der Waals surface area contributed by atoms with Crippen molar-refractivity contribution in [1.29, 1.82) is 0 Å². The van der Waals surface area contributed by atoms with Gasteiger partial charge in [-0.05, 0) is 30.3 Å². The lowest BCUT2D eigenvalue weighted by atomic mass is 10.3. The molecule has 23 heavy (non-hydrogen) atoms. The van der Waals surface area contributed by atoms with E-state index in [0.717, 1.165) is 10.6 Å². The van der Waals surface area contributed by atoms with Gasteiger partial charge in [0, 0.05) is 5.02 Å². The first kappa shape index (κ1) is 17.2. The second kappa shape index (κ2) is 6.97. The first-order valence-electron chi connectivity index (χ1n) is 6.55. The standard InChI is InChI=1S/C15H14ClFN2O3S/c1-23(21,22)19(12-6-4-5-11(16)9-12)10-15(20)18-14-8-3-2-7-13(14)17/h2-9H,10H2,1H3,(H,18,20). The summed E-state index contributed by atoms with van der Waals surface area (Å²) in [5, 5.41) is 2.68. The Morgan fingerprint density at radius 2 is 1.91 bits per heavy atom. The fourth-order valence-electron chi connectivity index (χ4n) is 1.91. The number of para-hydroxylation sites is 1. The summed E-state index contributed by atoms with van der Waals surface area (Å²) in [7, 11) is -3.71. The van der Waals surface area contributed by atoms with Gasteiger partial charge in [0.25, 0.3) is 0 Å². The van der Waals surface area contributed by atoms with Gasteiger partial charge < -0.3 is 5.32 Å². The molecule has 122 valence electrons.